The molecule has 0 bridgehead atoms. The van der Waals surface area contributed by atoms with Gasteiger partial charge in [0.15, 0.2) is 5.82 Å². The minimum atomic E-state index is -0.324. The number of anilines is 1. The Bertz CT molecular complexity index is 1160. The van der Waals surface area contributed by atoms with E-state index in [2.05, 4.69) is 20.4 Å². The summed E-state index contributed by atoms with van der Waals surface area (Å²) in [6.07, 6.45) is 2.64. The van der Waals surface area contributed by atoms with Gasteiger partial charge in [0, 0.05) is 11.8 Å². The lowest BCUT2D eigenvalue weighted by atomic mass is 10.1. The molecule has 7 heteroatoms. The molecule has 1 fully saturated rings. The fourth-order valence-electron chi connectivity index (χ4n) is 3.71. The van der Waals surface area contributed by atoms with E-state index in [1.807, 2.05) is 30.3 Å². The number of hydrazine groups is 1. The number of carbonyl (C=O) groups is 1. The van der Waals surface area contributed by atoms with Crippen molar-refractivity contribution in [3.8, 4) is 0 Å². The lowest BCUT2D eigenvalue weighted by molar-refractivity contribution is -0.127. The number of amides is 1. The molecule has 1 aliphatic heterocycles. The summed E-state index contributed by atoms with van der Waals surface area (Å²) in [4.78, 5) is 24.2. The van der Waals surface area contributed by atoms with E-state index in [4.69, 9.17) is 0 Å². The molecule has 3 heterocycles. The number of H-pyrrole nitrogens is 1. The topological polar surface area (TPSA) is 73.9 Å². The summed E-state index contributed by atoms with van der Waals surface area (Å²) in [7, 11) is 0. The van der Waals surface area contributed by atoms with Crippen LogP contribution in [0.5, 0.6) is 0 Å². The Kier molecular flexibility index (Phi) is 3.53. The Balaban J connectivity index is 1.59. The first kappa shape index (κ1) is 15.7. The van der Waals surface area contributed by atoms with Crippen molar-refractivity contribution in [2.75, 3.05) is 5.43 Å². The van der Waals surface area contributed by atoms with Gasteiger partial charge in [0.25, 0.3) is 0 Å². The zero-order chi connectivity index (χ0) is 18.4. The number of benzene rings is 2. The van der Waals surface area contributed by atoms with Crippen molar-refractivity contribution in [1.82, 2.24) is 20.0 Å². The van der Waals surface area contributed by atoms with Crippen LogP contribution in [0.25, 0.3) is 21.9 Å². The quantitative estimate of drug-likeness (QED) is 0.580. The molecule has 6 nitrogen and oxygen atoms in total. The predicted octanol–water partition coefficient (Wildman–Crippen LogP) is 3.94. The number of nitrogens with one attached hydrogen (secondary N) is 2. The van der Waals surface area contributed by atoms with Gasteiger partial charge in [-0.1, -0.05) is 30.3 Å². The van der Waals surface area contributed by atoms with Gasteiger partial charge in [0.1, 0.15) is 17.8 Å². The lowest BCUT2D eigenvalue weighted by Crippen LogP contribution is -2.33. The summed E-state index contributed by atoms with van der Waals surface area (Å²) >= 11 is 0. The highest BCUT2D eigenvalue weighted by Crippen LogP contribution is 2.35. The van der Waals surface area contributed by atoms with Crippen LogP contribution in [-0.2, 0) is 4.79 Å². The second kappa shape index (κ2) is 6.05. The summed E-state index contributed by atoms with van der Waals surface area (Å²) in [5.41, 5.74) is 5.50. The first-order valence-electron chi connectivity index (χ1n) is 8.76. The van der Waals surface area contributed by atoms with Crippen LogP contribution in [0.3, 0.4) is 0 Å². The van der Waals surface area contributed by atoms with Crippen molar-refractivity contribution in [2.45, 2.75) is 18.9 Å². The third-order valence-corrected chi connectivity index (χ3v) is 4.97. The van der Waals surface area contributed by atoms with Gasteiger partial charge in [0.05, 0.1) is 16.9 Å². The maximum atomic E-state index is 13.6. The van der Waals surface area contributed by atoms with E-state index in [0.29, 0.717) is 23.4 Å². The van der Waals surface area contributed by atoms with E-state index in [0.717, 1.165) is 22.8 Å². The van der Waals surface area contributed by atoms with Gasteiger partial charge in [-0.05, 0) is 30.2 Å². The van der Waals surface area contributed by atoms with E-state index in [1.165, 1.54) is 18.5 Å². The van der Waals surface area contributed by atoms with Crippen LogP contribution in [-0.4, -0.2) is 25.9 Å². The van der Waals surface area contributed by atoms with Crippen LogP contribution >= 0.6 is 0 Å². The number of halogens is 1. The summed E-state index contributed by atoms with van der Waals surface area (Å²) in [6.45, 7) is 0. The van der Waals surface area contributed by atoms with Crippen molar-refractivity contribution in [3.63, 3.8) is 0 Å². The molecule has 0 aliphatic carbocycles. The van der Waals surface area contributed by atoms with Crippen LogP contribution in [0.2, 0.25) is 0 Å². The third-order valence-electron chi connectivity index (χ3n) is 4.97. The van der Waals surface area contributed by atoms with Crippen LogP contribution in [0, 0.1) is 5.82 Å². The molecule has 0 spiro atoms. The minimum absolute atomic E-state index is 0.0153. The van der Waals surface area contributed by atoms with Crippen LogP contribution in [0.4, 0.5) is 10.2 Å². The fourth-order valence-corrected chi connectivity index (χ4v) is 3.71. The number of rotatable bonds is 3. The summed E-state index contributed by atoms with van der Waals surface area (Å²) < 4.78 is 13.6. The number of aromatic nitrogens is 3. The molecule has 1 saturated heterocycles. The average Bonchev–Trinajstić information content (AvgIpc) is 3.23. The largest absolute Gasteiger partial charge is 0.339 e. The molecule has 1 amide bonds. The van der Waals surface area contributed by atoms with Gasteiger partial charge < -0.3 is 4.98 Å². The highest BCUT2D eigenvalue weighted by molar-refractivity contribution is 6.11. The van der Waals surface area contributed by atoms with E-state index in [9.17, 15) is 9.18 Å². The van der Waals surface area contributed by atoms with Crippen molar-refractivity contribution in [3.05, 3.63) is 66.2 Å². The molecule has 2 aromatic carbocycles. The Hall–Kier alpha value is -3.48. The SMILES string of the molecule is O=C1CCC(c2ccccc2)N1Nc1ncnc2[nH]c3cc(F)ccc3c12. The van der Waals surface area contributed by atoms with Gasteiger partial charge in [-0.15, -0.1) is 0 Å². The van der Waals surface area contributed by atoms with Gasteiger partial charge in [-0.2, -0.15) is 0 Å². The summed E-state index contributed by atoms with van der Waals surface area (Å²) in [5.74, 6) is 0.214. The van der Waals surface area contributed by atoms with E-state index in [1.54, 1.807) is 11.1 Å². The van der Waals surface area contributed by atoms with E-state index >= 15 is 0 Å². The molecule has 1 unspecified atom stereocenters. The number of aromatic amines is 1. The molecule has 5 rings (SSSR count). The molecule has 1 atom stereocenters. The molecule has 2 aromatic heterocycles. The maximum Gasteiger partial charge on any atom is 0.241 e. The molecule has 134 valence electrons. The number of hydrogen-bond acceptors (Lipinski definition) is 4. The highest BCUT2D eigenvalue weighted by Gasteiger charge is 2.33. The Morgan fingerprint density at radius 3 is 2.85 bits per heavy atom. The van der Waals surface area contributed by atoms with E-state index in [-0.39, 0.29) is 17.8 Å². The minimum Gasteiger partial charge on any atom is -0.339 e. The number of hydrogen-bond donors (Lipinski definition) is 2. The van der Waals surface area contributed by atoms with Gasteiger partial charge >= 0.3 is 0 Å². The van der Waals surface area contributed by atoms with Crippen molar-refractivity contribution < 1.29 is 9.18 Å². The maximum absolute atomic E-state index is 13.6. The van der Waals surface area contributed by atoms with Crippen molar-refractivity contribution in [2.24, 2.45) is 0 Å². The van der Waals surface area contributed by atoms with Crippen molar-refractivity contribution >= 4 is 33.7 Å². The van der Waals surface area contributed by atoms with E-state index < -0.39 is 0 Å². The monoisotopic (exact) mass is 361 g/mol. The third kappa shape index (κ3) is 2.59. The van der Waals surface area contributed by atoms with Gasteiger partial charge in [0.2, 0.25) is 5.91 Å². The number of fused-ring (bicyclic) bond motifs is 3. The average molecular weight is 361 g/mol. The molecular weight excluding hydrogens is 345 g/mol. The molecule has 0 saturated carbocycles. The van der Waals surface area contributed by atoms with Crippen molar-refractivity contribution in [1.29, 1.82) is 0 Å². The van der Waals surface area contributed by atoms with Gasteiger partial charge in [-0.25, -0.2) is 19.4 Å². The van der Waals surface area contributed by atoms with Crippen LogP contribution in [0.15, 0.2) is 54.9 Å². The first-order valence-corrected chi connectivity index (χ1v) is 8.76. The van der Waals surface area contributed by atoms with Crippen LogP contribution < -0.4 is 5.43 Å². The predicted molar refractivity (Wildman–Crippen MR) is 100 cm³/mol. The first-order chi connectivity index (χ1) is 13.2. The second-order valence-corrected chi connectivity index (χ2v) is 6.60. The lowest BCUT2D eigenvalue weighted by Gasteiger charge is -2.26. The van der Waals surface area contributed by atoms with Gasteiger partial charge in [-0.3, -0.25) is 10.2 Å². The highest BCUT2D eigenvalue weighted by atomic mass is 19.1. The molecule has 27 heavy (non-hydrogen) atoms. The molecule has 4 aromatic rings. The Morgan fingerprint density at radius 1 is 1.15 bits per heavy atom. The zero-order valence-electron chi connectivity index (χ0n) is 14.3. The number of carbonyl (C=O) groups excluding carboxylic acids is 1. The Morgan fingerprint density at radius 2 is 2.00 bits per heavy atom. The van der Waals surface area contributed by atoms with Crippen LogP contribution in [0.1, 0.15) is 24.4 Å². The second-order valence-electron chi connectivity index (χ2n) is 6.60. The fraction of sp³-hybridized carbons (Fsp3) is 0.150. The summed E-state index contributed by atoms with van der Waals surface area (Å²) in [6, 6.07) is 14.4. The molecule has 1 aliphatic rings. The molecular formula is C20H16FN5O. The molecule has 0 radical (unpaired) electrons. The summed E-state index contributed by atoms with van der Waals surface area (Å²) in [5, 5.41) is 3.18. The molecule has 2 N–H and O–H groups in total. The smallest absolute Gasteiger partial charge is 0.241 e. The standard InChI is InChI=1S/C20H16FN5O/c21-13-6-7-14-15(10-13)24-19-18(14)20(23-11-22-19)25-26-16(8-9-17(26)27)12-4-2-1-3-5-12/h1-7,10-11,16H,8-9H2,(H2,22,23,24,25). The Labute approximate surface area is 154 Å². The zero-order valence-corrected chi connectivity index (χ0v) is 14.3. The number of nitrogens with zero attached hydrogens (tertiary/aromatic N) is 3. The normalized spacial score (nSPS) is 17.1.